The summed E-state index contributed by atoms with van der Waals surface area (Å²) in [6, 6.07) is 15.6. The minimum absolute atomic E-state index is 0.0656. The number of unbranched alkanes of at least 4 members (excludes halogenated alkanes) is 14. The first kappa shape index (κ1) is 38.9. The molecule has 0 fully saturated rings. The lowest BCUT2D eigenvalue weighted by molar-refractivity contribution is 0.346. The van der Waals surface area contributed by atoms with Crippen LogP contribution < -0.4 is 9.47 Å². The van der Waals surface area contributed by atoms with E-state index in [0.29, 0.717) is 0 Å². The van der Waals surface area contributed by atoms with Crippen LogP contribution in [-0.4, -0.2) is 36.2 Å². The molecule has 0 heterocycles. The number of fused-ring (bicyclic) bond motifs is 2. The Hall–Kier alpha value is -1.52. The summed E-state index contributed by atoms with van der Waals surface area (Å²) in [6.07, 6.45) is 22.1. The molecule has 3 rings (SSSR count). The molecule has 0 aromatic heterocycles. The first-order chi connectivity index (χ1) is 22.5. The molecule has 0 aliphatic carbocycles. The predicted molar refractivity (Wildman–Crippen MR) is 211 cm³/mol. The van der Waals surface area contributed by atoms with E-state index in [1.54, 1.807) is 0 Å². The van der Waals surface area contributed by atoms with Gasteiger partial charge in [0.15, 0.2) is 0 Å². The molecular formula is C42H66O2S2. The van der Waals surface area contributed by atoms with Crippen LogP contribution in [0.3, 0.4) is 0 Å². The lowest BCUT2D eigenvalue weighted by Gasteiger charge is -2.22. The molecule has 0 unspecified atom stereocenters. The Balaban J connectivity index is 1.57. The van der Waals surface area contributed by atoms with Crippen molar-refractivity contribution in [3.8, 4) is 11.5 Å². The van der Waals surface area contributed by atoms with Crippen molar-refractivity contribution in [3.05, 3.63) is 48.0 Å². The monoisotopic (exact) mass is 666 g/mol. The standard InChI is InChI=1S/C42H66O2S2/c1-6-8-10-12-14-16-18-22-30-45-32-28-43-40-36-24-20-21-25-37(36)41(39-34-35(42(3,4)5)26-27-38(39)40)44-29-33-46-31-23-19-17-15-13-11-9-7-2/h20-21,24-27,34H,6-19,22-23,28-33H2,1-5H3. The zero-order valence-electron chi connectivity index (χ0n) is 30.2. The number of rotatable bonds is 26. The van der Waals surface area contributed by atoms with Crippen molar-refractivity contribution in [1.82, 2.24) is 0 Å². The minimum Gasteiger partial charge on any atom is -0.491 e. The van der Waals surface area contributed by atoms with Crippen molar-refractivity contribution in [2.24, 2.45) is 0 Å². The van der Waals surface area contributed by atoms with Gasteiger partial charge in [0.2, 0.25) is 0 Å². The third-order valence-electron chi connectivity index (χ3n) is 9.02. The largest absolute Gasteiger partial charge is 0.491 e. The van der Waals surface area contributed by atoms with Crippen LogP contribution in [0.2, 0.25) is 0 Å². The maximum absolute atomic E-state index is 6.67. The Bertz CT molecular complexity index is 1230. The van der Waals surface area contributed by atoms with Crippen molar-refractivity contribution in [3.63, 3.8) is 0 Å². The maximum atomic E-state index is 6.67. The molecule has 2 nitrogen and oxygen atoms in total. The van der Waals surface area contributed by atoms with Gasteiger partial charge in [-0.3, -0.25) is 0 Å². The maximum Gasteiger partial charge on any atom is 0.135 e. The van der Waals surface area contributed by atoms with Crippen molar-refractivity contribution in [2.45, 2.75) is 143 Å². The first-order valence-corrected chi connectivity index (χ1v) is 21.2. The number of benzene rings is 3. The summed E-state index contributed by atoms with van der Waals surface area (Å²) in [5, 5.41) is 4.67. The van der Waals surface area contributed by atoms with E-state index in [1.807, 2.05) is 23.5 Å². The van der Waals surface area contributed by atoms with Crippen molar-refractivity contribution in [1.29, 1.82) is 0 Å². The third kappa shape index (κ3) is 13.9. The lowest BCUT2D eigenvalue weighted by Crippen LogP contribution is -2.11. The smallest absolute Gasteiger partial charge is 0.135 e. The summed E-state index contributed by atoms with van der Waals surface area (Å²) in [5.74, 6) is 6.55. The minimum atomic E-state index is 0.0656. The highest BCUT2D eigenvalue weighted by Crippen LogP contribution is 2.44. The molecule has 0 radical (unpaired) electrons. The lowest BCUT2D eigenvalue weighted by atomic mass is 9.85. The van der Waals surface area contributed by atoms with Crippen molar-refractivity contribution < 1.29 is 9.47 Å². The van der Waals surface area contributed by atoms with Crippen molar-refractivity contribution >= 4 is 45.1 Å². The number of hydrogen-bond donors (Lipinski definition) is 0. The summed E-state index contributed by atoms with van der Waals surface area (Å²) < 4.78 is 13.3. The number of thioether (sulfide) groups is 2. The average Bonchev–Trinajstić information content (AvgIpc) is 3.05. The average molecular weight is 667 g/mol. The Morgan fingerprint density at radius 3 is 1.35 bits per heavy atom. The summed E-state index contributed by atoms with van der Waals surface area (Å²) in [4.78, 5) is 0. The van der Waals surface area contributed by atoms with Crippen LogP contribution in [-0.2, 0) is 5.41 Å². The molecular weight excluding hydrogens is 601 g/mol. The Morgan fingerprint density at radius 2 is 0.891 bits per heavy atom. The van der Waals surface area contributed by atoms with E-state index in [9.17, 15) is 0 Å². The van der Waals surface area contributed by atoms with E-state index in [4.69, 9.17) is 9.47 Å². The topological polar surface area (TPSA) is 18.5 Å². The van der Waals surface area contributed by atoms with E-state index in [2.05, 4.69) is 77.1 Å². The fraction of sp³-hybridized carbons (Fsp3) is 0.667. The van der Waals surface area contributed by atoms with Gasteiger partial charge in [-0.15, -0.1) is 0 Å². The molecule has 0 bridgehead atoms. The van der Waals surface area contributed by atoms with Crippen molar-refractivity contribution in [2.75, 3.05) is 36.2 Å². The van der Waals surface area contributed by atoms with E-state index in [1.165, 1.54) is 131 Å². The summed E-state index contributed by atoms with van der Waals surface area (Å²) in [5.41, 5.74) is 1.40. The molecule has 258 valence electrons. The zero-order valence-corrected chi connectivity index (χ0v) is 31.9. The molecule has 46 heavy (non-hydrogen) atoms. The molecule has 0 atom stereocenters. The summed E-state index contributed by atoms with van der Waals surface area (Å²) in [7, 11) is 0. The van der Waals surface area contributed by atoms with Gasteiger partial charge in [-0.1, -0.05) is 161 Å². The molecule has 3 aromatic rings. The van der Waals surface area contributed by atoms with Crippen LogP contribution in [0, 0.1) is 0 Å². The second kappa shape index (κ2) is 22.9. The molecule has 3 aromatic carbocycles. The molecule has 0 aliphatic heterocycles. The van der Waals surface area contributed by atoms with Crippen LogP contribution in [0.15, 0.2) is 42.5 Å². The van der Waals surface area contributed by atoms with E-state index >= 15 is 0 Å². The third-order valence-corrected chi connectivity index (χ3v) is 11.1. The molecule has 0 N–H and O–H groups in total. The van der Waals surface area contributed by atoms with Gasteiger partial charge < -0.3 is 9.47 Å². The normalized spacial score (nSPS) is 11.9. The molecule has 0 amide bonds. The highest BCUT2D eigenvalue weighted by Gasteiger charge is 2.20. The Kier molecular flexibility index (Phi) is 19.4. The molecule has 0 spiro atoms. The van der Waals surface area contributed by atoms with Gasteiger partial charge >= 0.3 is 0 Å². The molecule has 0 saturated heterocycles. The van der Waals surface area contributed by atoms with Gasteiger partial charge in [-0.25, -0.2) is 0 Å². The van der Waals surface area contributed by atoms with Gasteiger partial charge in [0.05, 0.1) is 13.2 Å². The van der Waals surface area contributed by atoms with Gasteiger partial charge in [-0.2, -0.15) is 23.5 Å². The van der Waals surface area contributed by atoms with Crippen LogP contribution in [0.1, 0.15) is 143 Å². The fourth-order valence-corrected chi connectivity index (χ4v) is 7.79. The second-order valence-electron chi connectivity index (χ2n) is 14.1. The second-order valence-corrected chi connectivity index (χ2v) is 16.5. The van der Waals surface area contributed by atoms with E-state index < -0.39 is 0 Å². The van der Waals surface area contributed by atoms with Gasteiger partial charge in [0.1, 0.15) is 11.5 Å². The van der Waals surface area contributed by atoms with Gasteiger partial charge in [-0.05, 0) is 41.4 Å². The summed E-state index contributed by atoms with van der Waals surface area (Å²) in [6.45, 7) is 12.9. The molecule has 0 saturated carbocycles. The first-order valence-electron chi connectivity index (χ1n) is 18.9. The highest BCUT2D eigenvalue weighted by atomic mass is 32.2. The van der Waals surface area contributed by atoms with Gasteiger partial charge in [0.25, 0.3) is 0 Å². The van der Waals surface area contributed by atoms with E-state index in [0.717, 1.165) is 47.0 Å². The van der Waals surface area contributed by atoms with Crippen LogP contribution in [0.4, 0.5) is 0 Å². The Labute approximate surface area is 291 Å². The predicted octanol–water partition coefficient (Wildman–Crippen LogP) is 13.8. The van der Waals surface area contributed by atoms with Crippen LogP contribution in [0.5, 0.6) is 11.5 Å². The highest BCUT2D eigenvalue weighted by molar-refractivity contribution is 7.99. The molecule has 4 heteroatoms. The van der Waals surface area contributed by atoms with Gasteiger partial charge in [0, 0.05) is 33.1 Å². The molecule has 0 aliphatic rings. The Morgan fingerprint density at radius 1 is 0.478 bits per heavy atom. The van der Waals surface area contributed by atoms with Crippen LogP contribution in [0.25, 0.3) is 21.5 Å². The van der Waals surface area contributed by atoms with Crippen LogP contribution >= 0.6 is 23.5 Å². The number of hydrogen-bond acceptors (Lipinski definition) is 4. The van der Waals surface area contributed by atoms with E-state index in [-0.39, 0.29) is 5.41 Å². The SMILES string of the molecule is CCCCCCCCCCSCCOc1c2ccccc2c(OCCSCCCCCCCCCC)c2cc(C(C)(C)C)ccc12. The quantitative estimate of drug-likeness (QED) is 0.0627. The fourth-order valence-electron chi connectivity index (χ4n) is 6.16. The number of ether oxygens (including phenoxy) is 2. The summed E-state index contributed by atoms with van der Waals surface area (Å²) >= 11 is 4.08. The zero-order chi connectivity index (χ0) is 32.9.